The van der Waals surface area contributed by atoms with Crippen LogP contribution in [0.2, 0.25) is 0 Å². The van der Waals surface area contributed by atoms with Gasteiger partial charge in [-0.25, -0.2) is 12.7 Å². The number of carbonyl (C=O) groups is 1. The number of hydrogen-bond donors (Lipinski definition) is 1. The normalized spacial score (nSPS) is 11.5. The van der Waals surface area contributed by atoms with Gasteiger partial charge in [-0.1, -0.05) is 18.2 Å². The van der Waals surface area contributed by atoms with E-state index in [0.29, 0.717) is 5.69 Å². The second kappa shape index (κ2) is 6.98. The SMILES string of the molecule is Cc1ccccc1NC(=O)Cn1cc(S(=O)(=O)N(C)C)ccc1=O. The molecule has 1 heterocycles. The Morgan fingerprint density at radius 1 is 1.17 bits per heavy atom. The number of hydrogen-bond acceptors (Lipinski definition) is 4. The summed E-state index contributed by atoms with van der Waals surface area (Å²) in [6.07, 6.45) is 1.18. The van der Waals surface area contributed by atoms with Crippen molar-refractivity contribution in [3.63, 3.8) is 0 Å². The van der Waals surface area contributed by atoms with E-state index in [1.165, 1.54) is 26.4 Å². The van der Waals surface area contributed by atoms with E-state index in [4.69, 9.17) is 0 Å². The zero-order valence-electron chi connectivity index (χ0n) is 13.7. The molecule has 1 N–H and O–H groups in total. The largest absolute Gasteiger partial charge is 0.324 e. The lowest BCUT2D eigenvalue weighted by Gasteiger charge is -2.13. The molecule has 0 saturated heterocycles. The summed E-state index contributed by atoms with van der Waals surface area (Å²) in [5.41, 5.74) is 1.09. The van der Waals surface area contributed by atoms with Crippen LogP contribution >= 0.6 is 0 Å². The predicted octanol–water partition coefficient (Wildman–Crippen LogP) is 1.05. The third kappa shape index (κ3) is 3.90. The molecule has 0 atom stereocenters. The Bertz CT molecular complexity index is 917. The second-order valence-corrected chi connectivity index (χ2v) is 7.63. The highest BCUT2D eigenvalue weighted by atomic mass is 32.2. The van der Waals surface area contributed by atoms with Gasteiger partial charge in [-0.05, 0) is 24.6 Å². The van der Waals surface area contributed by atoms with Gasteiger partial charge in [0, 0.05) is 32.0 Å². The van der Waals surface area contributed by atoms with Gasteiger partial charge >= 0.3 is 0 Å². The molecule has 7 nitrogen and oxygen atoms in total. The van der Waals surface area contributed by atoms with E-state index in [9.17, 15) is 18.0 Å². The fourth-order valence-corrected chi connectivity index (χ4v) is 2.98. The molecule has 0 saturated carbocycles. The number of carbonyl (C=O) groups excluding carboxylic acids is 1. The average Bonchev–Trinajstić information content (AvgIpc) is 2.51. The number of anilines is 1. The maximum absolute atomic E-state index is 12.2. The standard InChI is InChI=1S/C16H19N3O4S/c1-12-6-4-5-7-14(12)17-15(20)11-19-10-13(8-9-16(19)21)24(22,23)18(2)3/h4-10H,11H2,1-3H3,(H,17,20). The summed E-state index contributed by atoms with van der Waals surface area (Å²) in [6.45, 7) is 1.58. The zero-order chi connectivity index (χ0) is 17.9. The summed E-state index contributed by atoms with van der Waals surface area (Å²) in [7, 11) is -0.879. The van der Waals surface area contributed by atoms with Gasteiger partial charge in [-0.3, -0.25) is 9.59 Å². The van der Waals surface area contributed by atoms with E-state index in [1.54, 1.807) is 12.1 Å². The molecule has 1 aromatic heterocycles. The highest BCUT2D eigenvalue weighted by Crippen LogP contribution is 2.13. The Balaban J connectivity index is 2.25. The smallest absolute Gasteiger partial charge is 0.251 e. The third-order valence-corrected chi connectivity index (χ3v) is 5.27. The van der Waals surface area contributed by atoms with Crippen molar-refractivity contribution in [1.29, 1.82) is 0 Å². The van der Waals surface area contributed by atoms with Crippen LogP contribution in [0.15, 0.2) is 52.3 Å². The van der Waals surface area contributed by atoms with Gasteiger partial charge < -0.3 is 9.88 Å². The first-order valence-corrected chi connectivity index (χ1v) is 8.64. The molecule has 0 fully saturated rings. The van der Waals surface area contributed by atoms with E-state index in [2.05, 4.69) is 5.32 Å². The molecule has 0 spiro atoms. The monoisotopic (exact) mass is 349 g/mol. The molecule has 0 aliphatic carbocycles. The number of sulfonamides is 1. The highest BCUT2D eigenvalue weighted by molar-refractivity contribution is 7.89. The van der Waals surface area contributed by atoms with Crippen LogP contribution in [0.4, 0.5) is 5.69 Å². The molecule has 24 heavy (non-hydrogen) atoms. The molecule has 8 heteroatoms. The number of aryl methyl sites for hydroxylation is 1. The minimum atomic E-state index is -3.68. The van der Waals surface area contributed by atoms with Crippen molar-refractivity contribution in [3.05, 3.63) is 58.5 Å². The summed E-state index contributed by atoms with van der Waals surface area (Å²) in [5.74, 6) is -0.411. The van der Waals surface area contributed by atoms with Crippen LogP contribution in [-0.4, -0.2) is 37.3 Å². The van der Waals surface area contributed by atoms with E-state index < -0.39 is 21.5 Å². The summed E-state index contributed by atoms with van der Waals surface area (Å²) in [6, 6.07) is 9.62. The van der Waals surface area contributed by atoms with Gasteiger partial charge in [-0.15, -0.1) is 0 Å². The number of benzene rings is 1. The molecule has 0 unspecified atom stereocenters. The van der Waals surface area contributed by atoms with Gasteiger partial charge in [0.1, 0.15) is 6.54 Å². The molecule has 0 bridgehead atoms. The number of nitrogens with zero attached hydrogens (tertiary/aromatic N) is 2. The molecular weight excluding hydrogens is 330 g/mol. The van der Waals surface area contributed by atoms with Crippen LogP contribution in [0.3, 0.4) is 0 Å². The lowest BCUT2D eigenvalue weighted by molar-refractivity contribution is -0.116. The third-order valence-electron chi connectivity index (χ3n) is 3.47. The predicted molar refractivity (Wildman–Crippen MR) is 91.4 cm³/mol. The van der Waals surface area contributed by atoms with Crippen molar-refractivity contribution in [1.82, 2.24) is 8.87 Å². The Labute approximate surface area is 140 Å². The Morgan fingerprint density at radius 2 is 1.83 bits per heavy atom. The number of nitrogens with one attached hydrogen (secondary N) is 1. The number of pyridine rings is 1. The van der Waals surface area contributed by atoms with E-state index in [0.717, 1.165) is 20.5 Å². The van der Waals surface area contributed by atoms with E-state index >= 15 is 0 Å². The molecule has 0 aliphatic rings. The first-order chi connectivity index (χ1) is 11.2. The van der Waals surface area contributed by atoms with Crippen LogP contribution in [0.1, 0.15) is 5.56 Å². The van der Waals surface area contributed by atoms with Crippen molar-refractivity contribution in [3.8, 4) is 0 Å². The summed E-state index contributed by atoms with van der Waals surface area (Å²) in [5, 5.41) is 2.71. The maximum atomic E-state index is 12.2. The fraction of sp³-hybridized carbons (Fsp3) is 0.250. The van der Waals surface area contributed by atoms with Gasteiger partial charge in [0.2, 0.25) is 15.9 Å². The average molecular weight is 349 g/mol. The van der Waals surface area contributed by atoms with Crippen LogP contribution in [0, 0.1) is 6.92 Å². The van der Waals surface area contributed by atoms with Crippen molar-refractivity contribution in [2.45, 2.75) is 18.4 Å². The molecule has 0 radical (unpaired) electrons. The molecule has 0 aliphatic heterocycles. The Kier molecular flexibility index (Phi) is 5.20. The first kappa shape index (κ1) is 17.9. The molecular formula is C16H19N3O4S. The molecule has 128 valence electrons. The Morgan fingerprint density at radius 3 is 2.46 bits per heavy atom. The van der Waals surface area contributed by atoms with Gasteiger partial charge in [-0.2, -0.15) is 0 Å². The van der Waals surface area contributed by atoms with Crippen molar-refractivity contribution < 1.29 is 13.2 Å². The number of aromatic nitrogens is 1. The molecule has 1 aromatic carbocycles. The number of rotatable bonds is 5. The minimum absolute atomic E-state index is 0.0456. The molecule has 2 rings (SSSR count). The zero-order valence-corrected chi connectivity index (χ0v) is 14.5. The van der Waals surface area contributed by atoms with Crippen molar-refractivity contribution in [2.75, 3.05) is 19.4 Å². The van der Waals surface area contributed by atoms with Crippen LogP contribution in [0.25, 0.3) is 0 Å². The lowest BCUT2D eigenvalue weighted by Crippen LogP contribution is -2.29. The Hall–Kier alpha value is -2.45. The van der Waals surface area contributed by atoms with Crippen LogP contribution in [-0.2, 0) is 21.4 Å². The second-order valence-electron chi connectivity index (χ2n) is 5.48. The molecule has 2 aromatic rings. The van der Waals surface area contributed by atoms with Crippen LogP contribution in [0.5, 0.6) is 0 Å². The quantitative estimate of drug-likeness (QED) is 0.874. The highest BCUT2D eigenvalue weighted by Gasteiger charge is 2.18. The summed E-state index contributed by atoms with van der Waals surface area (Å²) < 4.78 is 26.4. The van der Waals surface area contributed by atoms with Crippen LogP contribution < -0.4 is 10.9 Å². The fourth-order valence-electron chi connectivity index (χ4n) is 2.05. The summed E-state index contributed by atoms with van der Waals surface area (Å²) >= 11 is 0. The summed E-state index contributed by atoms with van der Waals surface area (Å²) in [4.78, 5) is 24.0. The minimum Gasteiger partial charge on any atom is -0.324 e. The first-order valence-electron chi connectivity index (χ1n) is 7.20. The van der Waals surface area contributed by atoms with Crippen molar-refractivity contribution in [2.24, 2.45) is 0 Å². The molecule has 1 amide bonds. The van der Waals surface area contributed by atoms with Gasteiger partial charge in [0.05, 0.1) is 4.90 Å². The topological polar surface area (TPSA) is 88.5 Å². The van der Waals surface area contributed by atoms with Gasteiger partial charge in [0.15, 0.2) is 0 Å². The number of para-hydroxylation sites is 1. The lowest BCUT2D eigenvalue weighted by atomic mass is 10.2. The maximum Gasteiger partial charge on any atom is 0.251 e. The van der Waals surface area contributed by atoms with E-state index in [1.807, 2.05) is 19.1 Å². The van der Waals surface area contributed by atoms with Crippen molar-refractivity contribution >= 4 is 21.6 Å². The van der Waals surface area contributed by atoms with E-state index in [-0.39, 0.29) is 11.4 Å². The number of amides is 1. The van der Waals surface area contributed by atoms with Gasteiger partial charge in [0.25, 0.3) is 5.56 Å².